The third-order valence-corrected chi connectivity index (χ3v) is 7.18. The summed E-state index contributed by atoms with van der Waals surface area (Å²) in [6.07, 6.45) is 8.71. The third-order valence-electron chi connectivity index (χ3n) is 7.18. The van der Waals surface area contributed by atoms with Crippen molar-refractivity contribution < 1.29 is 14.0 Å². The van der Waals surface area contributed by atoms with E-state index in [0.717, 1.165) is 76.8 Å². The highest BCUT2D eigenvalue weighted by Crippen LogP contribution is 2.41. The first-order chi connectivity index (χ1) is 14.1. The molecule has 3 aliphatic heterocycles. The molecule has 29 heavy (non-hydrogen) atoms. The Morgan fingerprint density at radius 2 is 1.69 bits per heavy atom. The third kappa shape index (κ3) is 3.52. The lowest BCUT2D eigenvalue weighted by molar-refractivity contribution is -0.136. The molecule has 3 saturated heterocycles. The van der Waals surface area contributed by atoms with Crippen molar-refractivity contribution in [3.63, 3.8) is 0 Å². The summed E-state index contributed by atoms with van der Waals surface area (Å²) in [7, 11) is 0. The number of aromatic nitrogens is 1. The first-order valence-electron chi connectivity index (χ1n) is 10.8. The van der Waals surface area contributed by atoms with E-state index in [0.29, 0.717) is 23.2 Å². The number of pyridine rings is 1. The molecule has 2 amide bonds. The minimum Gasteiger partial charge on any atom is -0.464 e. The summed E-state index contributed by atoms with van der Waals surface area (Å²) in [5.74, 6) is 0.290. The molecule has 5 heterocycles. The summed E-state index contributed by atoms with van der Waals surface area (Å²) < 4.78 is 5.41. The van der Waals surface area contributed by atoms with Gasteiger partial charge in [0.2, 0.25) is 5.91 Å². The van der Waals surface area contributed by atoms with Crippen LogP contribution in [0, 0.1) is 5.41 Å². The van der Waals surface area contributed by atoms with Crippen LogP contribution in [0.25, 0.3) is 11.0 Å². The van der Waals surface area contributed by atoms with Gasteiger partial charge in [-0.25, -0.2) is 0 Å². The number of carbonyl (C=O) groups excluding carboxylic acids is 2. The van der Waals surface area contributed by atoms with Crippen molar-refractivity contribution in [2.24, 2.45) is 5.41 Å². The summed E-state index contributed by atoms with van der Waals surface area (Å²) in [4.78, 5) is 35.8. The fourth-order valence-corrected chi connectivity index (χ4v) is 4.94. The number of carbonyl (C=O) groups is 2. The predicted octanol–water partition coefficient (Wildman–Crippen LogP) is 2.38. The van der Waals surface area contributed by atoms with Crippen molar-refractivity contribution >= 4 is 22.8 Å². The lowest BCUT2D eigenvalue weighted by Gasteiger charge is -2.47. The second-order valence-corrected chi connectivity index (χ2v) is 8.79. The molecule has 3 aliphatic rings. The summed E-state index contributed by atoms with van der Waals surface area (Å²) in [6, 6.07) is 3.61. The first kappa shape index (κ1) is 18.6. The van der Waals surface area contributed by atoms with Crippen LogP contribution in [0.2, 0.25) is 0 Å². The van der Waals surface area contributed by atoms with Gasteiger partial charge in [-0.05, 0) is 62.7 Å². The van der Waals surface area contributed by atoms with E-state index in [9.17, 15) is 9.59 Å². The van der Waals surface area contributed by atoms with Crippen molar-refractivity contribution in [2.75, 3.05) is 45.8 Å². The number of amides is 2. The monoisotopic (exact) mass is 396 g/mol. The molecule has 154 valence electrons. The zero-order valence-electron chi connectivity index (χ0n) is 16.8. The lowest BCUT2D eigenvalue weighted by Crippen LogP contribution is -2.51. The van der Waals surface area contributed by atoms with Gasteiger partial charge >= 0.3 is 0 Å². The molecule has 7 nitrogen and oxygen atoms in total. The molecule has 7 heteroatoms. The maximum absolute atomic E-state index is 13.0. The fraction of sp³-hybridized carbons (Fsp3) is 0.591. The van der Waals surface area contributed by atoms with Gasteiger partial charge in [0.15, 0.2) is 0 Å². The van der Waals surface area contributed by atoms with Crippen LogP contribution in [0.5, 0.6) is 0 Å². The summed E-state index contributed by atoms with van der Waals surface area (Å²) in [5, 5.41) is 0.790. The Balaban J connectivity index is 1.16. The molecule has 5 rings (SSSR count). The molecule has 2 aromatic rings. The smallest absolute Gasteiger partial charge is 0.273 e. The number of fused-ring (bicyclic) bond motifs is 1. The number of likely N-dealkylation sites (tertiary alicyclic amines) is 3. The predicted molar refractivity (Wildman–Crippen MR) is 108 cm³/mol. The highest BCUT2D eigenvalue weighted by Gasteiger charge is 2.39. The highest BCUT2D eigenvalue weighted by atomic mass is 16.3. The van der Waals surface area contributed by atoms with Crippen LogP contribution in [0.4, 0.5) is 0 Å². The fourth-order valence-electron chi connectivity index (χ4n) is 4.94. The molecule has 0 N–H and O–H groups in total. The van der Waals surface area contributed by atoms with E-state index >= 15 is 0 Å². The molecule has 1 spiro atoms. The standard InChI is InChI=1S/C22H28N4O3/c27-19(25-9-1-10-25)16-24-11-4-22(5-12-24)6-13-26(14-7-22)21(28)20-17-3-15-29-18(17)2-8-23-20/h2-3,8,15H,1,4-7,9-14,16H2. The van der Waals surface area contributed by atoms with Gasteiger partial charge in [-0.15, -0.1) is 0 Å². The molecular weight excluding hydrogens is 368 g/mol. The van der Waals surface area contributed by atoms with Gasteiger partial charge in [0, 0.05) is 32.4 Å². The van der Waals surface area contributed by atoms with Crippen LogP contribution in [0.1, 0.15) is 42.6 Å². The highest BCUT2D eigenvalue weighted by molar-refractivity contribution is 6.03. The van der Waals surface area contributed by atoms with Crippen LogP contribution in [-0.4, -0.2) is 77.3 Å². The van der Waals surface area contributed by atoms with Gasteiger partial charge in [-0.1, -0.05) is 0 Å². The van der Waals surface area contributed by atoms with Gasteiger partial charge < -0.3 is 14.2 Å². The van der Waals surface area contributed by atoms with Crippen molar-refractivity contribution in [3.05, 3.63) is 30.3 Å². The van der Waals surface area contributed by atoms with E-state index in [1.165, 1.54) is 0 Å². The van der Waals surface area contributed by atoms with Crippen LogP contribution in [0.15, 0.2) is 29.0 Å². The summed E-state index contributed by atoms with van der Waals surface area (Å²) in [6.45, 7) is 5.97. The molecule has 0 aliphatic carbocycles. The maximum atomic E-state index is 13.0. The zero-order valence-corrected chi connectivity index (χ0v) is 16.8. The van der Waals surface area contributed by atoms with E-state index in [-0.39, 0.29) is 11.8 Å². The molecule has 0 aromatic carbocycles. The zero-order chi connectivity index (χ0) is 19.8. The number of piperidine rings is 2. The molecular formula is C22H28N4O3. The SMILES string of the molecule is O=C(CN1CCC2(CC1)CCN(C(=O)c1nccc3occc13)CC2)N1CCC1. The second kappa shape index (κ2) is 7.44. The Kier molecular flexibility index (Phi) is 4.78. The van der Waals surface area contributed by atoms with Gasteiger partial charge in [-0.3, -0.25) is 19.5 Å². The molecule has 0 atom stereocenters. The van der Waals surface area contributed by atoms with E-state index < -0.39 is 0 Å². The van der Waals surface area contributed by atoms with Crippen molar-refractivity contribution in [2.45, 2.75) is 32.1 Å². The van der Waals surface area contributed by atoms with E-state index in [2.05, 4.69) is 9.88 Å². The average molecular weight is 396 g/mol. The summed E-state index contributed by atoms with van der Waals surface area (Å²) >= 11 is 0. The van der Waals surface area contributed by atoms with Crippen LogP contribution < -0.4 is 0 Å². The quantitative estimate of drug-likeness (QED) is 0.797. The van der Waals surface area contributed by atoms with Gasteiger partial charge in [0.1, 0.15) is 11.3 Å². The Hall–Kier alpha value is -2.41. The van der Waals surface area contributed by atoms with Gasteiger partial charge in [0.25, 0.3) is 5.91 Å². The number of nitrogens with zero attached hydrogens (tertiary/aromatic N) is 4. The Labute approximate surface area is 170 Å². The van der Waals surface area contributed by atoms with E-state index in [1.54, 1.807) is 18.5 Å². The van der Waals surface area contributed by atoms with E-state index in [4.69, 9.17) is 4.42 Å². The molecule has 0 saturated carbocycles. The number of furan rings is 1. The Bertz CT molecular complexity index is 902. The van der Waals surface area contributed by atoms with Crippen molar-refractivity contribution in [1.82, 2.24) is 19.7 Å². The van der Waals surface area contributed by atoms with Crippen molar-refractivity contribution in [1.29, 1.82) is 0 Å². The molecule has 0 unspecified atom stereocenters. The second-order valence-electron chi connectivity index (χ2n) is 8.79. The van der Waals surface area contributed by atoms with Crippen molar-refractivity contribution in [3.8, 4) is 0 Å². The molecule has 3 fully saturated rings. The lowest BCUT2D eigenvalue weighted by atomic mass is 9.71. The van der Waals surface area contributed by atoms with Gasteiger partial charge in [-0.2, -0.15) is 0 Å². The Morgan fingerprint density at radius 1 is 0.966 bits per heavy atom. The molecule has 2 aromatic heterocycles. The molecule has 0 radical (unpaired) electrons. The van der Waals surface area contributed by atoms with E-state index in [1.807, 2.05) is 15.9 Å². The number of hydrogen-bond donors (Lipinski definition) is 0. The van der Waals surface area contributed by atoms with Gasteiger partial charge in [0.05, 0.1) is 18.2 Å². The number of hydrogen-bond acceptors (Lipinski definition) is 5. The summed E-state index contributed by atoms with van der Waals surface area (Å²) in [5.41, 5.74) is 1.52. The topological polar surface area (TPSA) is 69.9 Å². The van der Waals surface area contributed by atoms with Crippen LogP contribution in [-0.2, 0) is 4.79 Å². The number of rotatable bonds is 3. The van der Waals surface area contributed by atoms with Crippen LogP contribution >= 0.6 is 0 Å². The first-order valence-corrected chi connectivity index (χ1v) is 10.8. The van der Waals surface area contributed by atoms with Crippen LogP contribution in [0.3, 0.4) is 0 Å². The Morgan fingerprint density at radius 3 is 2.38 bits per heavy atom. The minimum absolute atomic E-state index is 0.00410. The average Bonchev–Trinajstić information content (AvgIpc) is 3.18. The molecule has 0 bridgehead atoms. The largest absolute Gasteiger partial charge is 0.464 e. The maximum Gasteiger partial charge on any atom is 0.273 e. The normalized spacial score (nSPS) is 22.1. The minimum atomic E-state index is 0.00410.